The van der Waals surface area contributed by atoms with Gasteiger partial charge in [0.2, 0.25) is 0 Å². The first-order valence-electron chi connectivity index (χ1n) is 16.6. The summed E-state index contributed by atoms with van der Waals surface area (Å²) in [5.74, 6) is 6.13. The Balaban J connectivity index is 1.13. The first kappa shape index (κ1) is 28.0. The zero-order valence-electron chi connectivity index (χ0n) is 25.5. The fraction of sp³-hybridized carbons (Fsp3) is 0.939. The minimum atomic E-state index is -2.73. The molecule has 4 aliphatic carbocycles. The Bertz CT molecular complexity index is 941. The van der Waals surface area contributed by atoms with Gasteiger partial charge in [-0.05, 0) is 110 Å². The molecule has 9 atom stereocenters. The molecule has 0 aromatic carbocycles. The van der Waals surface area contributed by atoms with Crippen molar-refractivity contribution < 1.29 is 9.09 Å². The molecule has 2 aliphatic heterocycles. The Morgan fingerprint density at radius 3 is 2.32 bits per heavy atom. The molecule has 38 heavy (non-hydrogen) atoms. The summed E-state index contributed by atoms with van der Waals surface area (Å²) < 4.78 is 24.3. The van der Waals surface area contributed by atoms with Gasteiger partial charge in [0.25, 0.3) is 0 Å². The summed E-state index contributed by atoms with van der Waals surface area (Å²) in [5, 5.41) is 0. The van der Waals surface area contributed by atoms with E-state index in [-0.39, 0.29) is 6.10 Å². The largest absolute Gasteiger partial charge is 0.346 e. The fourth-order valence-electron chi connectivity index (χ4n) is 10.5. The lowest BCUT2D eigenvalue weighted by molar-refractivity contribution is -0.0564. The van der Waals surface area contributed by atoms with Crippen molar-refractivity contribution in [3.63, 3.8) is 0 Å². The molecule has 5 heteroatoms. The smallest absolute Gasteiger partial charge is 0.302 e. The minimum absolute atomic E-state index is 0.140. The topological polar surface area (TPSA) is 32.3 Å². The zero-order chi connectivity index (χ0) is 26.9. The third-order valence-corrected chi connectivity index (χ3v) is 15.9. The van der Waals surface area contributed by atoms with Gasteiger partial charge in [-0.15, -0.1) is 0 Å². The van der Waals surface area contributed by atoms with Crippen LogP contribution in [0, 0.1) is 52.3 Å². The van der Waals surface area contributed by atoms with Crippen molar-refractivity contribution in [3.05, 3.63) is 11.6 Å². The first-order valence-corrected chi connectivity index (χ1v) is 18.1. The van der Waals surface area contributed by atoms with E-state index in [9.17, 15) is 4.57 Å². The van der Waals surface area contributed by atoms with Crippen LogP contribution in [-0.2, 0) is 9.09 Å². The molecule has 2 heterocycles. The molecule has 0 radical (unpaired) electrons. The number of allylic oxidation sites excluding steroid dienone is 1. The summed E-state index contributed by atoms with van der Waals surface area (Å²) in [4.78, 5) is 0. The molecule has 4 nitrogen and oxygen atoms in total. The third kappa shape index (κ3) is 4.74. The SMILES string of the molecule is CC[C@@H](CC[C@@H](C)C1CC[C@H]2[C@@H]3CC=C4C[C@@H](OP(=O)(N5CC5)N5CC5)CC[C@]4(C)[C@H]3CC[C@]12C)C(C)C. The summed E-state index contributed by atoms with van der Waals surface area (Å²) >= 11 is 0. The maximum Gasteiger partial charge on any atom is 0.346 e. The second kappa shape index (κ2) is 10.3. The van der Waals surface area contributed by atoms with Crippen LogP contribution in [0.2, 0.25) is 0 Å². The van der Waals surface area contributed by atoms with Gasteiger partial charge < -0.3 is 4.52 Å². The summed E-state index contributed by atoms with van der Waals surface area (Å²) in [6, 6.07) is 0. The Hall–Kier alpha value is -0.150. The molecule has 0 N–H and O–H groups in total. The van der Waals surface area contributed by atoms with Crippen molar-refractivity contribution in [2.45, 2.75) is 118 Å². The summed E-state index contributed by atoms with van der Waals surface area (Å²) in [5.41, 5.74) is 2.54. The molecule has 0 spiro atoms. The number of nitrogens with zero attached hydrogens (tertiary/aromatic N) is 2. The average Bonchev–Trinajstić information content (AvgIpc) is 3.79. The van der Waals surface area contributed by atoms with Crippen LogP contribution in [0.4, 0.5) is 0 Å². The number of rotatable bonds is 10. The lowest BCUT2D eigenvalue weighted by Gasteiger charge is -2.58. The highest BCUT2D eigenvalue weighted by atomic mass is 31.2. The molecule has 0 bridgehead atoms. The molecular weight excluding hydrogens is 487 g/mol. The van der Waals surface area contributed by atoms with Crippen molar-refractivity contribution in [1.29, 1.82) is 0 Å². The van der Waals surface area contributed by atoms with Crippen LogP contribution in [0.1, 0.15) is 112 Å². The number of hydrogen-bond acceptors (Lipinski definition) is 2. The van der Waals surface area contributed by atoms with E-state index in [4.69, 9.17) is 4.52 Å². The highest BCUT2D eigenvalue weighted by Gasteiger charge is 2.60. The fourth-order valence-corrected chi connectivity index (χ4v) is 12.9. The van der Waals surface area contributed by atoms with Gasteiger partial charge in [0, 0.05) is 26.2 Å². The number of hydrogen-bond donors (Lipinski definition) is 0. The molecule has 6 rings (SSSR count). The minimum Gasteiger partial charge on any atom is -0.302 e. The van der Waals surface area contributed by atoms with Gasteiger partial charge in [-0.2, -0.15) is 0 Å². The maximum atomic E-state index is 13.7. The second-order valence-electron chi connectivity index (χ2n) is 15.3. The van der Waals surface area contributed by atoms with Crippen LogP contribution in [0.3, 0.4) is 0 Å². The van der Waals surface area contributed by atoms with Crippen LogP contribution in [0.25, 0.3) is 0 Å². The normalized spacial score (nSPS) is 42.7. The van der Waals surface area contributed by atoms with E-state index in [0.717, 1.165) is 80.4 Å². The van der Waals surface area contributed by atoms with Gasteiger partial charge in [0.1, 0.15) is 0 Å². The number of fused-ring (bicyclic) bond motifs is 5. The molecule has 0 aromatic heterocycles. The monoisotopic (exact) mass is 544 g/mol. The third-order valence-electron chi connectivity index (χ3n) is 13.1. The van der Waals surface area contributed by atoms with Crippen LogP contribution < -0.4 is 0 Å². The Morgan fingerprint density at radius 1 is 0.974 bits per heavy atom. The lowest BCUT2D eigenvalue weighted by atomic mass is 9.47. The van der Waals surface area contributed by atoms with Gasteiger partial charge in [-0.1, -0.05) is 66.0 Å². The van der Waals surface area contributed by atoms with Crippen LogP contribution in [-0.4, -0.2) is 41.6 Å². The van der Waals surface area contributed by atoms with Crippen molar-refractivity contribution >= 4 is 7.67 Å². The molecule has 1 unspecified atom stereocenters. The molecule has 216 valence electrons. The Kier molecular flexibility index (Phi) is 7.58. The van der Waals surface area contributed by atoms with E-state index < -0.39 is 7.67 Å². The summed E-state index contributed by atoms with van der Waals surface area (Å²) in [6.45, 7) is 18.9. The highest BCUT2D eigenvalue weighted by Crippen LogP contribution is 2.68. The van der Waals surface area contributed by atoms with E-state index in [1.165, 1.54) is 57.8 Å². The van der Waals surface area contributed by atoms with E-state index in [1.807, 2.05) is 0 Å². The predicted octanol–water partition coefficient (Wildman–Crippen LogP) is 8.79. The summed E-state index contributed by atoms with van der Waals surface area (Å²) in [6.07, 6.45) is 17.4. The average molecular weight is 545 g/mol. The van der Waals surface area contributed by atoms with Crippen LogP contribution in [0.5, 0.6) is 0 Å². The van der Waals surface area contributed by atoms with Gasteiger partial charge in [0.05, 0.1) is 6.10 Å². The van der Waals surface area contributed by atoms with Crippen molar-refractivity contribution in [2.75, 3.05) is 26.2 Å². The lowest BCUT2D eigenvalue weighted by Crippen LogP contribution is -2.51. The first-order chi connectivity index (χ1) is 18.1. The van der Waals surface area contributed by atoms with Crippen LogP contribution >= 0.6 is 7.67 Å². The van der Waals surface area contributed by atoms with Gasteiger partial charge >= 0.3 is 7.67 Å². The quantitative estimate of drug-likeness (QED) is 0.156. The molecule has 6 aliphatic rings. The van der Waals surface area contributed by atoms with Crippen molar-refractivity contribution in [1.82, 2.24) is 9.34 Å². The molecule has 0 amide bonds. The highest BCUT2D eigenvalue weighted by molar-refractivity contribution is 7.54. The predicted molar refractivity (Wildman–Crippen MR) is 158 cm³/mol. The second-order valence-corrected chi connectivity index (χ2v) is 17.6. The zero-order valence-corrected chi connectivity index (χ0v) is 26.4. The van der Waals surface area contributed by atoms with Crippen molar-refractivity contribution in [3.8, 4) is 0 Å². The van der Waals surface area contributed by atoms with Crippen molar-refractivity contribution in [2.24, 2.45) is 52.3 Å². The van der Waals surface area contributed by atoms with E-state index >= 15 is 0 Å². The van der Waals surface area contributed by atoms with Gasteiger partial charge in [-0.25, -0.2) is 9.34 Å². The molecule has 2 saturated heterocycles. The van der Waals surface area contributed by atoms with Gasteiger partial charge in [-0.3, -0.25) is 4.57 Å². The standard InChI is InChI=1S/C33H57N2O2P/c1-7-25(23(2)3)9-8-24(4)29-12-13-30-28-11-10-26-22-27(37-38(36,34-18-19-34)35-20-21-35)14-16-32(26,5)31(28)15-17-33(29,30)6/h10,23-25,27-31H,7-9,11-22H2,1-6H3/t24-,25+,27+,28+,29?,30+,31+,32+,33-/m1/s1. The Labute approximate surface area is 234 Å². The molecule has 0 aromatic rings. The summed E-state index contributed by atoms with van der Waals surface area (Å²) in [7, 11) is -2.73. The Morgan fingerprint density at radius 2 is 1.68 bits per heavy atom. The van der Waals surface area contributed by atoms with Crippen LogP contribution in [0.15, 0.2) is 11.6 Å². The molecular formula is C33H57N2O2P. The molecule has 5 fully saturated rings. The maximum absolute atomic E-state index is 13.7. The van der Waals surface area contributed by atoms with E-state index in [2.05, 4.69) is 57.0 Å². The van der Waals surface area contributed by atoms with Gasteiger partial charge in [0.15, 0.2) is 0 Å². The van der Waals surface area contributed by atoms with E-state index in [0.29, 0.717) is 10.8 Å². The van der Waals surface area contributed by atoms with E-state index in [1.54, 1.807) is 5.57 Å². The molecule has 3 saturated carbocycles.